The number of hydrogen-bond donors (Lipinski definition) is 1. The second-order valence-electron chi connectivity index (χ2n) is 5.66. The molecule has 2 aromatic carbocycles. The molecule has 0 saturated carbocycles. The van der Waals surface area contributed by atoms with E-state index in [0.29, 0.717) is 0 Å². The molecule has 0 radical (unpaired) electrons. The highest BCUT2D eigenvalue weighted by Gasteiger charge is 2.16. The summed E-state index contributed by atoms with van der Waals surface area (Å²) in [6.07, 6.45) is 3.57. The predicted molar refractivity (Wildman–Crippen MR) is 96.8 cm³/mol. The first-order valence-corrected chi connectivity index (χ1v) is 7.80. The lowest BCUT2D eigenvalue weighted by Crippen LogP contribution is -2.19. The second kappa shape index (κ2) is 6.08. The molecule has 1 aliphatic heterocycles. The molecule has 1 aliphatic rings. The fraction of sp³-hybridized carbons (Fsp3) is 0.0500. The van der Waals surface area contributed by atoms with Crippen LogP contribution < -0.4 is 5.43 Å². The van der Waals surface area contributed by atoms with Crippen LogP contribution in [-0.4, -0.2) is 16.5 Å². The molecule has 0 amide bonds. The zero-order valence-corrected chi connectivity index (χ0v) is 13.3. The summed E-state index contributed by atoms with van der Waals surface area (Å²) < 4.78 is 0. The number of rotatable bonds is 2. The third-order valence-corrected chi connectivity index (χ3v) is 3.93. The van der Waals surface area contributed by atoms with Crippen molar-refractivity contribution in [3.63, 3.8) is 0 Å². The monoisotopic (exact) mass is 312 g/mol. The Labute approximate surface area is 140 Å². The Hall–Kier alpha value is -3.27. The predicted octanol–water partition coefficient (Wildman–Crippen LogP) is 3.82. The number of aromatic nitrogens is 1. The van der Waals surface area contributed by atoms with Crippen molar-refractivity contribution in [2.75, 3.05) is 0 Å². The van der Waals surface area contributed by atoms with Gasteiger partial charge in [0, 0.05) is 29.1 Å². The van der Waals surface area contributed by atoms with Crippen LogP contribution in [0.25, 0.3) is 0 Å². The normalized spacial score (nSPS) is 13.2. The summed E-state index contributed by atoms with van der Waals surface area (Å²) in [6.45, 7) is 2.07. The van der Waals surface area contributed by atoms with E-state index in [4.69, 9.17) is 4.99 Å². The topological polar surface area (TPSA) is 49.6 Å². The van der Waals surface area contributed by atoms with E-state index < -0.39 is 0 Å². The summed E-state index contributed by atoms with van der Waals surface area (Å²) in [6, 6.07) is 20.2. The van der Waals surface area contributed by atoms with E-state index in [2.05, 4.69) is 34.6 Å². The van der Waals surface area contributed by atoms with Gasteiger partial charge in [-0.2, -0.15) is 5.10 Å². The zero-order valence-electron chi connectivity index (χ0n) is 13.3. The van der Waals surface area contributed by atoms with E-state index in [0.717, 1.165) is 33.9 Å². The molecule has 0 atom stereocenters. The highest BCUT2D eigenvalue weighted by atomic mass is 15.3. The number of para-hydroxylation sites is 1. The largest absolute Gasteiger partial charge is 0.264 e. The molecule has 4 nitrogen and oxygen atoms in total. The van der Waals surface area contributed by atoms with Crippen molar-refractivity contribution in [2.24, 2.45) is 10.1 Å². The fourth-order valence-electron chi connectivity index (χ4n) is 2.65. The van der Waals surface area contributed by atoms with Gasteiger partial charge in [-0.15, -0.1) is 0 Å². The van der Waals surface area contributed by atoms with E-state index in [1.807, 2.05) is 54.7 Å². The zero-order chi connectivity index (χ0) is 16.4. The maximum Gasteiger partial charge on any atom is 0.154 e. The number of hydrazone groups is 1. The van der Waals surface area contributed by atoms with Crippen LogP contribution in [0.1, 0.15) is 22.3 Å². The minimum Gasteiger partial charge on any atom is -0.264 e. The molecule has 0 saturated heterocycles. The van der Waals surface area contributed by atoms with Gasteiger partial charge in [0.15, 0.2) is 5.84 Å². The van der Waals surface area contributed by atoms with Gasteiger partial charge in [0.25, 0.3) is 0 Å². The molecule has 0 spiro atoms. The van der Waals surface area contributed by atoms with Crippen molar-refractivity contribution in [1.29, 1.82) is 0 Å². The number of hydrogen-bond acceptors (Lipinski definition) is 4. The molecular formula is C20H16N4. The third kappa shape index (κ3) is 2.70. The molecule has 0 fully saturated rings. The van der Waals surface area contributed by atoms with Crippen LogP contribution >= 0.6 is 0 Å². The van der Waals surface area contributed by atoms with Crippen LogP contribution in [0.2, 0.25) is 0 Å². The van der Waals surface area contributed by atoms with Crippen LogP contribution in [0.4, 0.5) is 5.69 Å². The number of amidine groups is 1. The van der Waals surface area contributed by atoms with Gasteiger partial charge in [-0.3, -0.25) is 10.4 Å². The molecule has 4 rings (SSSR count). The number of pyridine rings is 1. The number of nitrogens with one attached hydrogen (secondary N) is 1. The number of benzene rings is 2. The fourth-order valence-corrected chi connectivity index (χ4v) is 2.65. The second-order valence-corrected chi connectivity index (χ2v) is 5.66. The lowest BCUT2D eigenvalue weighted by atomic mass is 10.0. The Bertz CT molecular complexity index is 925. The maximum atomic E-state index is 4.79. The summed E-state index contributed by atoms with van der Waals surface area (Å²) >= 11 is 0. The lowest BCUT2D eigenvalue weighted by Gasteiger charge is -2.06. The summed E-state index contributed by atoms with van der Waals surface area (Å²) in [7, 11) is 0. The van der Waals surface area contributed by atoms with E-state index >= 15 is 0 Å². The average Bonchev–Trinajstić information content (AvgIpc) is 2.83. The van der Waals surface area contributed by atoms with E-state index in [1.165, 1.54) is 5.56 Å². The van der Waals surface area contributed by atoms with Crippen molar-refractivity contribution < 1.29 is 0 Å². The SMILES string of the molecule is Cc1ccc(C2=Nc3ccccc3C(c3cccnc3)=NN2)cc1. The minimum absolute atomic E-state index is 0.737. The van der Waals surface area contributed by atoms with Crippen LogP contribution in [0, 0.1) is 6.92 Å². The molecule has 0 aliphatic carbocycles. The van der Waals surface area contributed by atoms with Gasteiger partial charge in [-0.05, 0) is 25.1 Å². The van der Waals surface area contributed by atoms with Crippen molar-refractivity contribution in [2.45, 2.75) is 6.92 Å². The van der Waals surface area contributed by atoms with Gasteiger partial charge in [-0.25, -0.2) is 4.99 Å². The summed E-state index contributed by atoms with van der Waals surface area (Å²) in [5.41, 5.74) is 9.01. The highest BCUT2D eigenvalue weighted by Crippen LogP contribution is 2.25. The molecule has 2 heterocycles. The molecule has 24 heavy (non-hydrogen) atoms. The molecule has 1 aromatic heterocycles. The van der Waals surface area contributed by atoms with Crippen LogP contribution in [0.5, 0.6) is 0 Å². The minimum atomic E-state index is 0.737. The van der Waals surface area contributed by atoms with Crippen molar-refractivity contribution >= 4 is 17.2 Å². The Balaban J connectivity index is 1.84. The highest BCUT2D eigenvalue weighted by molar-refractivity contribution is 6.17. The van der Waals surface area contributed by atoms with Gasteiger partial charge >= 0.3 is 0 Å². The average molecular weight is 312 g/mol. The number of aryl methyl sites for hydroxylation is 1. The number of aliphatic imine (C=N–C) groups is 1. The Morgan fingerprint density at radius 2 is 1.67 bits per heavy atom. The Morgan fingerprint density at radius 1 is 0.833 bits per heavy atom. The summed E-state index contributed by atoms with van der Waals surface area (Å²) in [4.78, 5) is 8.99. The van der Waals surface area contributed by atoms with Crippen molar-refractivity contribution in [1.82, 2.24) is 10.4 Å². The molecular weight excluding hydrogens is 296 g/mol. The quantitative estimate of drug-likeness (QED) is 0.782. The summed E-state index contributed by atoms with van der Waals surface area (Å²) in [5.74, 6) is 0.737. The Morgan fingerprint density at radius 3 is 2.46 bits per heavy atom. The van der Waals surface area contributed by atoms with Crippen molar-refractivity contribution in [3.8, 4) is 0 Å². The van der Waals surface area contributed by atoms with Gasteiger partial charge in [0.1, 0.15) is 5.71 Å². The lowest BCUT2D eigenvalue weighted by molar-refractivity contribution is 1.03. The van der Waals surface area contributed by atoms with Gasteiger partial charge in [0.2, 0.25) is 0 Å². The van der Waals surface area contributed by atoms with Crippen LogP contribution in [-0.2, 0) is 0 Å². The standard InChI is InChI=1S/C20H16N4/c1-14-8-10-15(11-9-14)20-22-18-7-3-2-6-17(18)19(23-24-20)16-5-4-12-21-13-16/h2-13H,1H3,(H,22,24). The molecule has 1 N–H and O–H groups in total. The molecule has 0 unspecified atom stereocenters. The Kier molecular flexibility index (Phi) is 3.63. The first kappa shape index (κ1) is 14.3. The molecule has 3 aromatic rings. The van der Waals surface area contributed by atoms with Crippen LogP contribution in [0.3, 0.4) is 0 Å². The summed E-state index contributed by atoms with van der Waals surface area (Å²) in [5, 5.41) is 4.61. The molecule has 116 valence electrons. The van der Waals surface area contributed by atoms with Gasteiger partial charge in [0.05, 0.1) is 5.69 Å². The maximum absolute atomic E-state index is 4.79. The number of fused-ring (bicyclic) bond motifs is 1. The molecule has 0 bridgehead atoms. The van der Waals surface area contributed by atoms with E-state index in [-0.39, 0.29) is 0 Å². The van der Waals surface area contributed by atoms with E-state index in [1.54, 1.807) is 6.20 Å². The number of nitrogens with zero attached hydrogens (tertiary/aromatic N) is 3. The first-order chi connectivity index (χ1) is 11.8. The van der Waals surface area contributed by atoms with Gasteiger partial charge in [-0.1, -0.05) is 48.0 Å². The van der Waals surface area contributed by atoms with Crippen molar-refractivity contribution in [3.05, 3.63) is 95.3 Å². The first-order valence-electron chi connectivity index (χ1n) is 7.80. The van der Waals surface area contributed by atoms with E-state index in [9.17, 15) is 0 Å². The van der Waals surface area contributed by atoms with Gasteiger partial charge < -0.3 is 0 Å². The van der Waals surface area contributed by atoms with Crippen LogP contribution in [0.15, 0.2) is 83.2 Å². The molecule has 4 heteroatoms. The smallest absolute Gasteiger partial charge is 0.154 e. The third-order valence-electron chi connectivity index (χ3n) is 3.93.